The first-order valence-corrected chi connectivity index (χ1v) is 16.7. The molecule has 0 amide bonds. The van der Waals surface area contributed by atoms with Crippen LogP contribution in [-0.4, -0.2) is 0 Å². The molecule has 0 bridgehead atoms. The Labute approximate surface area is 274 Å². The van der Waals surface area contributed by atoms with E-state index < -0.39 is 0 Å². The second kappa shape index (κ2) is 13.7. The van der Waals surface area contributed by atoms with Gasteiger partial charge in [0.15, 0.2) is 0 Å². The van der Waals surface area contributed by atoms with E-state index in [1.807, 2.05) is 48.5 Å². The van der Waals surface area contributed by atoms with Crippen LogP contribution in [0, 0.1) is 13.8 Å². The van der Waals surface area contributed by atoms with Crippen LogP contribution in [0.1, 0.15) is 84.7 Å². The van der Waals surface area contributed by atoms with Crippen molar-refractivity contribution in [2.24, 2.45) is 0 Å². The standard InChI is InChI=1S/C42H46N2O2/c1-4-5-6-31-7-9-32(10-8-31)33-23-25-42(26-24-33,34-11-21-40(29(2)27-34)45-38-17-13-36(43)14-18-38)35-12-22-41(30(3)28-35)46-39-19-15-37(44)16-20-39/h7-22,27-28,33H,4-6,23-26,43-44H2,1-3H3. The molecule has 5 aromatic rings. The van der Waals surface area contributed by atoms with Gasteiger partial charge in [-0.1, -0.05) is 61.9 Å². The first-order chi connectivity index (χ1) is 22.3. The van der Waals surface area contributed by atoms with Crippen molar-refractivity contribution >= 4 is 11.4 Å². The molecule has 4 heteroatoms. The van der Waals surface area contributed by atoms with Gasteiger partial charge in [0, 0.05) is 16.8 Å². The molecule has 1 fully saturated rings. The molecule has 0 atom stereocenters. The summed E-state index contributed by atoms with van der Waals surface area (Å²) in [6, 6.07) is 38.1. The van der Waals surface area contributed by atoms with Gasteiger partial charge in [-0.05, 0) is 152 Å². The van der Waals surface area contributed by atoms with E-state index in [1.165, 1.54) is 41.5 Å². The van der Waals surface area contributed by atoms with Gasteiger partial charge in [-0.15, -0.1) is 0 Å². The maximum absolute atomic E-state index is 6.27. The Balaban J connectivity index is 1.30. The van der Waals surface area contributed by atoms with Crippen molar-refractivity contribution in [3.8, 4) is 23.0 Å². The predicted octanol–water partition coefficient (Wildman–Crippen LogP) is 11.0. The summed E-state index contributed by atoms with van der Waals surface area (Å²) in [7, 11) is 0. The maximum Gasteiger partial charge on any atom is 0.130 e. The summed E-state index contributed by atoms with van der Waals surface area (Å²) in [5, 5.41) is 0. The van der Waals surface area contributed by atoms with Crippen molar-refractivity contribution in [1.29, 1.82) is 0 Å². The lowest BCUT2D eigenvalue weighted by Crippen LogP contribution is -2.33. The molecular weight excluding hydrogens is 564 g/mol. The topological polar surface area (TPSA) is 70.5 Å². The van der Waals surface area contributed by atoms with E-state index in [-0.39, 0.29) is 5.41 Å². The molecule has 4 N–H and O–H groups in total. The van der Waals surface area contributed by atoms with Gasteiger partial charge in [0.1, 0.15) is 23.0 Å². The van der Waals surface area contributed by atoms with Gasteiger partial charge in [-0.2, -0.15) is 0 Å². The molecule has 0 radical (unpaired) electrons. The Hall–Kier alpha value is -4.70. The second-order valence-electron chi connectivity index (χ2n) is 13.0. The Morgan fingerprint density at radius 3 is 1.54 bits per heavy atom. The summed E-state index contributed by atoms with van der Waals surface area (Å²) < 4.78 is 12.5. The summed E-state index contributed by atoms with van der Waals surface area (Å²) in [4.78, 5) is 0. The number of aryl methyl sites for hydroxylation is 3. The molecule has 1 saturated carbocycles. The fourth-order valence-corrected chi connectivity index (χ4v) is 6.97. The van der Waals surface area contributed by atoms with E-state index in [0.717, 1.165) is 71.2 Å². The molecule has 0 aliphatic heterocycles. The lowest BCUT2D eigenvalue weighted by molar-refractivity contribution is 0.314. The molecule has 6 rings (SSSR count). The first kappa shape index (κ1) is 31.3. The molecule has 0 unspecified atom stereocenters. The van der Waals surface area contributed by atoms with Crippen LogP contribution < -0.4 is 20.9 Å². The first-order valence-electron chi connectivity index (χ1n) is 16.7. The van der Waals surface area contributed by atoms with Crippen LogP contribution in [0.2, 0.25) is 0 Å². The monoisotopic (exact) mass is 610 g/mol. The Kier molecular flexibility index (Phi) is 9.35. The van der Waals surface area contributed by atoms with Gasteiger partial charge in [0.25, 0.3) is 0 Å². The second-order valence-corrected chi connectivity index (χ2v) is 13.0. The molecule has 4 nitrogen and oxygen atoms in total. The molecule has 0 aromatic heterocycles. The van der Waals surface area contributed by atoms with Gasteiger partial charge >= 0.3 is 0 Å². The minimum absolute atomic E-state index is 0.105. The number of benzene rings is 5. The van der Waals surface area contributed by atoms with Crippen LogP contribution in [0.4, 0.5) is 11.4 Å². The summed E-state index contributed by atoms with van der Waals surface area (Å²) in [5.41, 5.74) is 21.0. The van der Waals surface area contributed by atoms with E-state index in [2.05, 4.69) is 81.4 Å². The van der Waals surface area contributed by atoms with E-state index in [0.29, 0.717) is 5.92 Å². The van der Waals surface area contributed by atoms with Crippen LogP contribution in [-0.2, 0) is 11.8 Å². The number of nitrogens with two attached hydrogens (primary N) is 2. The zero-order chi connectivity index (χ0) is 32.1. The molecule has 236 valence electrons. The van der Waals surface area contributed by atoms with E-state index >= 15 is 0 Å². The normalized spacial score (nSPS) is 14.6. The van der Waals surface area contributed by atoms with Crippen LogP contribution in [0.5, 0.6) is 23.0 Å². The summed E-state index contributed by atoms with van der Waals surface area (Å²) in [6.07, 6.45) is 8.07. The molecule has 46 heavy (non-hydrogen) atoms. The lowest BCUT2D eigenvalue weighted by atomic mass is 9.62. The highest BCUT2D eigenvalue weighted by atomic mass is 16.5. The highest BCUT2D eigenvalue weighted by Gasteiger charge is 2.39. The van der Waals surface area contributed by atoms with Gasteiger partial charge in [0.05, 0.1) is 0 Å². The van der Waals surface area contributed by atoms with Gasteiger partial charge in [-0.3, -0.25) is 0 Å². The molecule has 0 heterocycles. The third kappa shape index (κ3) is 6.92. The fourth-order valence-electron chi connectivity index (χ4n) is 6.97. The van der Waals surface area contributed by atoms with Crippen molar-refractivity contribution in [2.45, 2.75) is 77.0 Å². The maximum atomic E-state index is 6.27. The average Bonchev–Trinajstić information content (AvgIpc) is 3.08. The van der Waals surface area contributed by atoms with E-state index in [4.69, 9.17) is 20.9 Å². The molecular formula is C42H46N2O2. The number of nitrogen functional groups attached to an aromatic ring is 2. The zero-order valence-electron chi connectivity index (χ0n) is 27.4. The number of anilines is 2. The largest absolute Gasteiger partial charge is 0.457 e. The number of hydrogen-bond acceptors (Lipinski definition) is 4. The van der Waals surface area contributed by atoms with Crippen molar-refractivity contribution in [2.75, 3.05) is 11.5 Å². The fraction of sp³-hybridized carbons (Fsp3) is 0.286. The van der Waals surface area contributed by atoms with Crippen LogP contribution in [0.3, 0.4) is 0 Å². The van der Waals surface area contributed by atoms with Crippen molar-refractivity contribution < 1.29 is 9.47 Å². The average molecular weight is 611 g/mol. The van der Waals surface area contributed by atoms with Crippen molar-refractivity contribution in [3.05, 3.63) is 143 Å². The third-order valence-corrected chi connectivity index (χ3v) is 9.78. The quantitative estimate of drug-likeness (QED) is 0.154. The number of rotatable bonds is 10. The van der Waals surface area contributed by atoms with Crippen LogP contribution >= 0.6 is 0 Å². The number of unbranched alkanes of at least 4 members (excludes halogenated alkanes) is 1. The van der Waals surface area contributed by atoms with Gasteiger partial charge in [0.2, 0.25) is 0 Å². The molecule has 0 spiro atoms. The van der Waals surface area contributed by atoms with Crippen molar-refractivity contribution in [1.82, 2.24) is 0 Å². The predicted molar refractivity (Wildman–Crippen MR) is 191 cm³/mol. The van der Waals surface area contributed by atoms with Crippen molar-refractivity contribution in [3.63, 3.8) is 0 Å². The SMILES string of the molecule is CCCCc1ccc(C2CCC(c3ccc(Oc4ccc(N)cc4)c(C)c3)(c3ccc(Oc4ccc(N)cc4)c(C)c3)CC2)cc1. The van der Waals surface area contributed by atoms with Gasteiger partial charge in [-0.25, -0.2) is 0 Å². The highest BCUT2D eigenvalue weighted by molar-refractivity contribution is 5.51. The molecule has 5 aromatic carbocycles. The minimum Gasteiger partial charge on any atom is -0.457 e. The summed E-state index contributed by atoms with van der Waals surface area (Å²) >= 11 is 0. The number of hydrogen-bond donors (Lipinski definition) is 2. The van der Waals surface area contributed by atoms with Gasteiger partial charge < -0.3 is 20.9 Å². The highest BCUT2D eigenvalue weighted by Crippen LogP contribution is 2.50. The smallest absolute Gasteiger partial charge is 0.130 e. The molecule has 1 aliphatic rings. The van der Waals surface area contributed by atoms with E-state index in [1.54, 1.807) is 0 Å². The third-order valence-electron chi connectivity index (χ3n) is 9.78. The van der Waals surface area contributed by atoms with E-state index in [9.17, 15) is 0 Å². The molecule has 0 saturated heterocycles. The Morgan fingerprint density at radius 1 is 0.630 bits per heavy atom. The summed E-state index contributed by atoms with van der Waals surface area (Å²) in [6.45, 7) is 6.54. The summed E-state index contributed by atoms with van der Waals surface area (Å²) in [5.74, 6) is 3.87. The number of ether oxygens (including phenoxy) is 2. The van der Waals surface area contributed by atoms with Crippen LogP contribution in [0.25, 0.3) is 0 Å². The Morgan fingerprint density at radius 2 is 1.11 bits per heavy atom. The van der Waals surface area contributed by atoms with Crippen LogP contribution in [0.15, 0.2) is 109 Å². The minimum atomic E-state index is -0.105. The molecule has 1 aliphatic carbocycles. The zero-order valence-corrected chi connectivity index (χ0v) is 27.4. The lowest BCUT2D eigenvalue weighted by Gasteiger charge is -2.42. The Bertz CT molecular complexity index is 1650.